The Morgan fingerprint density at radius 1 is 1.10 bits per heavy atom. The van der Waals surface area contributed by atoms with E-state index in [9.17, 15) is 4.79 Å². The molecule has 1 fully saturated rings. The molecule has 2 aliphatic rings. The highest BCUT2D eigenvalue weighted by molar-refractivity contribution is 5.96. The lowest BCUT2D eigenvalue weighted by Crippen LogP contribution is -2.34. The monoisotopic (exact) mass is 401 g/mol. The van der Waals surface area contributed by atoms with Crippen LogP contribution >= 0.6 is 0 Å². The summed E-state index contributed by atoms with van der Waals surface area (Å²) in [6.45, 7) is 5.10. The van der Waals surface area contributed by atoms with Crippen molar-refractivity contribution < 1.29 is 9.53 Å². The van der Waals surface area contributed by atoms with Crippen LogP contribution in [0.25, 0.3) is 10.9 Å². The zero-order valence-electron chi connectivity index (χ0n) is 17.4. The van der Waals surface area contributed by atoms with Gasteiger partial charge in [-0.2, -0.15) is 0 Å². The standard InChI is InChI=1S/C25H27N3O2/c1-18-6-5-14-27(16-18)23-12-11-20-8-4-10-22(25(20)26-23)30-17-24(29)28-15-13-19-7-2-3-9-21(19)28/h2-4,7-12,18H,5-6,13-17H2,1H3/t18-/m0/s1. The minimum absolute atomic E-state index is 0.0140. The van der Waals surface area contributed by atoms with Gasteiger partial charge in [0, 0.05) is 30.7 Å². The third-order valence-corrected chi connectivity index (χ3v) is 6.19. The van der Waals surface area contributed by atoms with Crippen molar-refractivity contribution in [2.75, 3.05) is 36.0 Å². The van der Waals surface area contributed by atoms with Crippen LogP contribution in [0.2, 0.25) is 0 Å². The van der Waals surface area contributed by atoms with Gasteiger partial charge >= 0.3 is 0 Å². The summed E-state index contributed by atoms with van der Waals surface area (Å²) in [6, 6.07) is 18.2. The minimum Gasteiger partial charge on any atom is -0.481 e. The van der Waals surface area contributed by atoms with Gasteiger partial charge in [0.15, 0.2) is 6.61 Å². The number of para-hydroxylation sites is 2. The molecular formula is C25H27N3O2. The van der Waals surface area contributed by atoms with Crippen LogP contribution in [0.4, 0.5) is 11.5 Å². The Kier molecular flexibility index (Phi) is 5.03. The molecule has 0 radical (unpaired) electrons. The molecule has 5 rings (SSSR count). The second-order valence-electron chi connectivity index (χ2n) is 8.40. The van der Waals surface area contributed by atoms with Gasteiger partial charge in [-0.1, -0.05) is 37.3 Å². The Morgan fingerprint density at radius 2 is 2.00 bits per heavy atom. The number of rotatable bonds is 4. The zero-order valence-corrected chi connectivity index (χ0v) is 17.4. The van der Waals surface area contributed by atoms with Crippen LogP contribution in [0.1, 0.15) is 25.3 Å². The molecule has 0 unspecified atom stereocenters. The minimum atomic E-state index is -0.0158. The molecule has 2 aromatic carbocycles. The summed E-state index contributed by atoms with van der Waals surface area (Å²) in [5.74, 6) is 2.33. The molecule has 0 saturated carbocycles. The fourth-order valence-electron chi connectivity index (χ4n) is 4.61. The molecule has 30 heavy (non-hydrogen) atoms. The van der Waals surface area contributed by atoms with E-state index >= 15 is 0 Å². The molecule has 0 aliphatic carbocycles. The number of nitrogens with zero attached hydrogens (tertiary/aromatic N) is 3. The SMILES string of the molecule is C[C@H]1CCCN(c2ccc3cccc(OCC(=O)N4CCc5ccccc54)c3n2)C1. The zero-order chi connectivity index (χ0) is 20.5. The van der Waals surface area contributed by atoms with Gasteiger partial charge in [0.05, 0.1) is 0 Å². The normalized spacial score (nSPS) is 18.5. The second kappa shape index (κ2) is 7.98. The molecule has 154 valence electrons. The van der Waals surface area contributed by atoms with Crippen LogP contribution in [0.5, 0.6) is 5.75 Å². The van der Waals surface area contributed by atoms with Crippen LogP contribution in [-0.2, 0) is 11.2 Å². The number of fused-ring (bicyclic) bond motifs is 2. The average Bonchev–Trinajstić information content (AvgIpc) is 3.21. The number of carbonyl (C=O) groups is 1. The number of anilines is 2. The molecule has 1 amide bonds. The van der Waals surface area contributed by atoms with Crippen LogP contribution < -0.4 is 14.5 Å². The van der Waals surface area contributed by atoms with E-state index in [1.165, 1.54) is 18.4 Å². The van der Waals surface area contributed by atoms with Gasteiger partial charge in [0.25, 0.3) is 5.91 Å². The molecule has 1 aromatic heterocycles. The number of benzene rings is 2. The summed E-state index contributed by atoms with van der Waals surface area (Å²) in [7, 11) is 0. The predicted octanol–water partition coefficient (Wildman–Crippen LogP) is 4.44. The van der Waals surface area contributed by atoms with Gasteiger partial charge in [0.2, 0.25) is 0 Å². The van der Waals surface area contributed by atoms with Gasteiger partial charge in [-0.25, -0.2) is 4.98 Å². The van der Waals surface area contributed by atoms with Crippen molar-refractivity contribution in [1.29, 1.82) is 0 Å². The highest BCUT2D eigenvalue weighted by Crippen LogP contribution is 2.30. The van der Waals surface area contributed by atoms with E-state index in [1.54, 1.807) is 0 Å². The summed E-state index contributed by atoms with van der Waals surface area (Å²) < 4.78 is 6.00. The Labute approximate surface area is 177 Å². The molecule has 5 heteroatoms. The fourth-order valence-corrected chi connectivity index (χ4v) is 4.61. The average molecular weight is 402 g/mol. The molecule has 5 nitrogen and oxygen atoms in total. The Bertz CT molecular complexity index is 1080. The summed E-state index contributed by atoms with van der Waals surface area (Å²) in [6.07, 6.45) is 3.38. The molecule has 3 aromatic rings. The maximum atomic E-state index is 12.8. The lowest BCUT2D eigenvalue weighted by Gasteiger charge is -2.32. The van der Waals surface area contributed by atoms with E-state index in [4.69, 9.17) is 9.72 Å². The first kappa shape index (κ1) is 18.9. The summed E-state index contributed by atoms with van der Waals surface area (Å²) in [4.78, 5) is 21.9. The van der Waals surface area contributed by atoms with Gasteiger partial charge in [-0.3, -0.25) is 4.79 Å². The maximum absolute atomic E-state index is 12.8. The van der Waals surface area contributed by atoms with E-state index in [-0.39, 0.29) is 12.5 Å². The first-order chi connectivity index (χ1) is 14.7. The lowest BCUT2D eigenvalue weighted by molar-refractivity contribution is -0.120. The molecular weight excluding hydrogens is 374 g/mol. The van der Waals surface area contributed by atoms with Crippen molar-refractivity contribution in [3.63, 3.8) is 0 Å². The number of hydrogen-bond acceptors (Lipinski definition) is 4. The number of aromatic nitrogens is 1. The highest BCUT2D eigenvalue weighted by Gasteiger charge is 2.24. The predicted molar refractivity (Wildman–Crippen MR) is 120 cm³/mol. The highest BCUT2D eigenvalue weighted by atomic mass is 16.5. The number of ether oxygens (including phenoxy) is 1. The number of pyridine rings is 1. The molecule has 0 bridgehead atoms. The summed E-state index contributed by atoms with van der Waals surface area (Å²) in [5.41, 5.74) is 3.05. The molecule has 0 spiro atoms. The number of amides is 1. The van der Waals surface area contributed by atoms with Crippen LogP contribution in [0.15, 0.2) is 54.6 Å². The van der Waals surface area contributed by atoms with E-state index < -0.39 is 0 Å². The van der Waals surface area contributed by atoms with Crippen LogP contribution in [0, 0.1) is 5.92 Å². The number of piperidine rings is 1. The topological polar surface area (TPSA) is 45.7 Å². The van der Waals surface area contributed by atoms with Crippen molar-refractivity contribution in [3.05, 3.63) is 60.2 Å². The van der Waals surface area contributed by atoms with Crippen molar-refractivity contribution in [3.8, 4) is 5.75 Å². The van der Waals surface area contributed by atoms with Crippen molar-refractivity contribution in [2.45, 2.75) is 26.2 Å². The molecule has 2 aliphatic heterocycles. The lowest BCUT2D eigenvalue weighted by atomic mass is 10.0. The quantitative estimate of drug-likeness (QED) is 0.648. The van der Waals surface area contributed by atoms with Crippen molar-refractivity contribution in [1.82, 2.24) is 4.98 Å². The van der Waals surface area contributed by atoms with Gasteiger partial charge in [0.1, 0.15) is 17.1 Å². The Morgan fingerprint density at radius 3 is 2.90 bits per heavy atom. The smallest absolute Gasteiger partial charge is 0.264 e. The molecule has 1 saturated heterocycles. The molecule has 0 N–H and O–H groups in total. The number of hydrogen-bond donors (Lipinski definition) is 0. The second-order valence-corrected chi connectivity index (χ2v) is 8.40. The Balaban J connectivity index is 1.35. The van der Waals surface area contributed by atoms with E-state index in [0.717, 1.165) is 41.9 Å². The maximum Gasteiger partial charge on any atom is 0.264 e. The van der Waals surface area contributed by atoms with Crippen molar-refractivity contribution >= 4 is 28.3 Å². The van der Waals surface area contributed by atoms with Crippen LogP contribution in [-0.4, -0.2) is 37.1 Å². The summed E-state index contributed by atoms with van der Waals surface area (Å²) in [5, 5.41) is 1.03. The molecule has 3 heterocycles. The molecule has 1 atom stereocenters. The number of carbonyl (C=O) groups excluding carboxylic acids is 1. The summed E-state index contributed by atoms with van der Waals surface area (Å²) >= 11 is 0. The van der Waals surface area contributed by atoms with E-state index in [0.29, 0.717) is 18.2 Å². The van der Waals surface area contributed by atoms with Crippen LogP contribution in [0.3, 0.4) is 0 Å². The fraction of sp³-hybridized carbons (Fsp3) is 0.360. The largest absolute Gasteiger partial charge is 0.481 e. The first-order valence-electron chi connectivity index (χ1n) is 10.8. The third kappa shape index (κ3) is 3.60. The first-order valence-corrected chi connectivity index (χ1v) is 10.8. The van der Waals surface area contributed by atoms with E-state index in [1.807, 2.05) is 41.3 Å². The van der Waals surface area contributed by atoms with Crippen molar-refractivity contribution in [2.24, 2.45) is 5.92 Å². The van der Waals surface area contributed by atoms with E-state index in [2.05, 4.69) is 30.0 Å². The van der Waals surface area contributed by atoms with Gasteiger partial charge in [-0.15, -0.1) is 0 Å². The third-order valence-electron chi connectivity index (χ3n) is 6.19. The van der Waals surface area contributed by atoms with Gasteiger partial charge < -0.3 is 14.5 Å². The Hall–Kier alpha value is -3.08. The van der Waals surface area contributed by atoms with Gasteiger partial charge in [-0.05, 0) is 55.0 Å².